The summed E-state index contributed by atoms with van der Waals surface area (Å²) in [6.07, 6.45) is 0. The highest BCUT2D eigenvalue weighted by atomic mass is 19.2. The van der Waals surface area contributed by atoms with Crippen LogP contribution in [0.2, 0.25) is 0 Å². The summed E-state index contributed by atoms with van der Waals surface area (Å²) >= 11 is 0. The van der Waals surface area contributed by atoms with Gasteiger partial charge in [-0.2, -0.15) is 0 Å². The molecule has 1 nitrogen and oxygen atoms in total. The summed E-state index contributed by atoms with van der Waals surface area (Å²) in [6.45, 7) is 4.50. The Morgan fingerprint density at radius 3 is 0.662 bits per heavy atom. The van der Waals surface area contributed by atoms with Gasteiger partial charge in [0.25, 0.3) is 0 Å². The maximum atomic E-state index is 18.0. The highest BCUT2D eigenvalue weighted by Crippen LogP contribution is 2.87. The van der Waals surface area contributed by atoms with Crippen molar-refractivity contribution in [2.75, 3.05) is 0 Å². The molecular formula is C71H10F5N. The zero-order chi connectivity index (χ0) is 47.4. The summed E-state index contributed by atoms with van der Waals surface area (Å²) in [4.78, 5) is 0. The number of rotatable bonds is 2. The van der Waals surface area contributed by atoms with E-state index < -0.39 is 57.6 Å². The summed E-state index contributed by atoms with van der Waals surface area (Å²) < 4.78 is 85.1. The van der Waals surface area contributed by atoms with E-state index in [9.17, 15) is 0 Å². The minimum atomic E-state index is -2.10. The number of hydrogen-bond donors (Lipinski definition) is 1. The van der Waals surface area contributed by atoms with Crippen LogP contribution in [0, 0.1) is 35.0 Å². The van der Waals surface area contributed by atoms with Crippen LogP contribution in [0.15, 0.2) is 0 Å². The molecule has 6 heteroatoms. The van der Waals surface area contributed by atoms with E-state index in [1.165, 1.54) is 302 Å². The van der Waals surface area contributed by atoms with E-state index in [0.29, 0.717) is 0 Å². The fraction of sp³-hybridized carbons (Fsp3) is 0.0986. The van der Waals surface area contributed by atoms with E-state index >= 15 is 22.0 Å². The second-order valence-corrected chi connectivity index (χ2v) is 27.7. The molecule has 29 aromatic rings. The van der Waals surface area contributed by atoms with Crippen molar-refractivity contribution in [3.8, 4) is 0 Å². The normalized spacial score (nSPS) is 23.7. The van der Waals surface area contributed by atoms with Crippen molar-refractivity contribution >= 4 is 291 Å². The second kappa shape index (κ2) is 7.02. The topological polar surface area (TPSA) is 12.0 Å². The third-order valence-corrected chi connectivity index (χ3v) is 26.9. The van der Waals surface area contributed by atoms with Crippen LogP contribution >= 0.6 is 0 Å². The Balaban J connectivity index is 1.12. The van der Waals surface area contributed by atoms with Crippen molar-refractivity contribution in [1.29, 1.82) is 0 Å². The highest BCUT2D eigenvalue weighted by Gasteiger charge is 2.78. The van der Waals surface area contributed by atoms with E-state index in [-0.39, 0.29) is 5.92 Å². The van der Waals surface area contributed by atoms with Gasteiger partial charge in [-0.15, -0.1) is 0 Å². The Bertz CT molecular complexity index is 7860. The van der Waals surface area contributed by atoms with Gasteiger partial charge in [0.15, 0.2) is 23.3 Å². The van der Waals surface area contributed by atoms with Gasteiger partial charge in [-0.25, -0.2) is 22.0 Å². The monoisotopic (exact) mass is 971 g/mol. The number of hydrogen-bond acceptors (Lipinski definition) is 1. The van der Waals surface area contributed by atoms with E-state index in [4.69, 9.17) is 0 Å². The highest BCUT2D eigenvalue weighted by molar-refractivity contribution is 6.82. The number of benzene rings is 18. The van der Waals surface area contributed by atoms with Crippen LogP contribution in [0.25, 0.3) is 291 Å². The molecule has 1 N–H and O–H groups in total. The molecule has 2 unspecified atom stereocenters. The fourth-order valence-corrected chi connectivity index (χ4v) is 26.7. The van der Waals surface area contributed by atoms with Crippen LogP contribution in [-0.2, 0) is 10.8 Å². The zero-order valence-electron chi connectivity index (χ0n) is 39.1. The van der Waals surface area contributed by atoms with Gasteiger partial charge in [0.05, 0.1) is 16.9 Å². The molecule has 29 aromatic carbocycles. The molecule has 1 aliphatic heterocycles. The first-order chi connectivity index (χ1) is 37.8. The minimum Gasteiger partial charge on any atom is -0.304 e. The van der Waals surface area contributed by atoms with Crippen molar-refractivity contribution in [2.45, 2.75) is 36.8 Å². The van der Waals surface area contributed by atoms with Crippen molar-refractivity contribution in [3.05, 3.63) is 56.9 Å². The maximum absolute atomic E-state index is 18.0. The molecule has 1 saturated heterocycles. The van der Waals surface area contributed by atoms with Gasteiger partial charge in [-0.05, 0) is 319 Å². The average Bonchev–Trinajstić information content (AvgIpc) is 1.68. The van der Waals surface area contributed by atoms with Gasteiger partial charge in [0.2, 0.25) is 5.82 Å². The second-order valence-electron chi connectivity index (χ2n) is 27.7. The SMILES string of the molecule is CC(C)[C@H]1N[C@@H](c2c(F)c(F)c(F)c(F)c2F)C23c4c5c6c7c8c9c(c%10c%11c2c2c%12c4c4c%13c5c5c7c7c8c8c%14c9c%10c9c%10c%11c2c2c%11c%12c4c4c%12c%13c5c5c7c7c8c8c%14c9c9c%10c2c2c%11c4c4c%12c5c7c5c8c9c2c45)C613. The van der Waals surface area contributed by atoms with E-state index in [0.717, 1.165) is 11.1 Å². The Labute approximate surface area is 415 Å². The van der Waals surface area contributed by atoms with Crippen LogP contribution in [0.3, 0.4) is 0 Å². The lowest BCUT2D eigenvalue weighted by atomic mass is 9.46. The van der Waals surface area contributed by atoms with Crippen molar-refractivity contribution in [1.82, 2.24) is 5.32 Å². The smallest absolute Gasteiger partial charge is 0.200 e. The predicted octanol–water partition coefficient (Wildman–Crippen LogP) is 19.4. The molecular weight excluding hydrogens is 962 g/mol. The van der Waals surface area contributed by atoms with Crippen LogP contribution in [0.5, 0.6) is 0 Å². The summed E-state index contributed by atoms with van der Waals surface area (Å²) in [5, 5.41) is 79.5. The van der Waals surface area contributed by atoms with Crippen LogP contribution < -0.4 is 5.32 Å². The first-order valence-electron chi connectivity index (χ1n) is 27.9. The van der Waals surface area contributed by atoms with Crippen molar-refractivity contribution in [2.24, 2.45) is 5.92 Å². The molecule has 0 aromatic heterocycles. The predicted molar refractivity (Wildman–Crippen MR) is 305 cm³/mol. The molecule has 1 fully saturated rings. The lowest BCUT2D eigenvalue weighted by molar-refractivity contribution is 0.295. The lowest BCUT2D eigenvalue weighted by Crippen LogP contribution is -2.55. The molecule has 0 saturated carbocycles. The van der Waals surface area contributed by atoms with Crippen LogP contribution in [-0.4, -0.2) is 6.04 Å². The molecule has 5 aliphatic rings. The molecule has 0 amide bonds. The molecule has 0 bridgehead atoms. The largest absolute Gasteiger partial charge is 0.304 e. The Morgan fingerprint density at radius 2 is 0.403 bits per heavy atom. The summed E-state index contributed by atoms with van der Waals surface area (Å²) in [5.74, 6) is -9.39. The van der Waals surface area contributed by atoms with Crippen molar-refractivity contribution < 1.29 is 22.0 Å². The van der Waals surface area contributed by atoms with Gasteiger partial charge in [0, 0.05) is 11.6 Å². The fourth-order valence-electron chi connectivity index (χ4n) is 26.7. The Hall–Kier alpha value is -8.71. The van der Waals surface area contributed by atoms with E-state index in [2.05, 4.69) is 19.2 Å². The minimum absolute atomic E-state index is 0.123. The molecule has 4 atom stereocenters. The first-order valence-corrected chi connectivity index (χ1v) is 27.9. The summed E-state index contributed by atoms with van der Waals surface area (Å²) in [5.41, 5.74) is 1.76. The molecule has 2 spiro atoms. The van der Waals surface area contributed by atoms with Gasteiger partial charge in [-0.1, -0.05) is 13.8 Å². The Kier molecular flexibility index (Phi) is 2.80. The maximum Gasteiger partial charge on any atom is 0.200 e. The summed E-state index contributed by atoms with van der Waals surface area (Å²) in [7, 11) is 0. The van der Waals surface area contributed by atoms with Crippen LogP contribution in [0.4, 0.5) is 22.0 Å². The number of nitrogens with one attached hydrogen (secondary N) is 1. The molecule has 34 rings (SSSR count). The van der Waals surface area contributed by atoms with Gasteiger partial charge >= 0.3 is 0 Å². The van der Waals surface area contributed by atoms with Crippen LogP contribution in [0.1, 0.15) is 47.7 Å². The van der Waals surface area contributed by atoms with Gasteiger partial charge < -0.3 is 5.32 Å². The molecule has 4 aliphatic carbocycles. The Morgan fingerprint density at radius 1 is 0.234 bits per heavy atom. The quantitative estimate of drug-likeness (QED) is 0.0788. The standard InChI is InChI=1S/C71H10F5N/c1-3(2)68-70-59-51-44-32-24-15-6-4-5-7-10(6)19-26(24)34-35-27(19)25-16(7)18-14-9(5)12-11-8(4)13-17(15)30(32)38-36-22(13)20(11)28-29-21(12)23(14)37-39-31(18)33(25)45-47(35)56(55(59)46(34)44)60-52(45)50(39)54-43(37)41(29)48-40(28)42(36)53(49(38)51)61(70)57(48)62(54)71(60,70)69(77-68)58-63(72)65(74)67(76)66(75)64(58)73/h3,68-69,77H,1-2H3/t68-,69+,70?,71?/m1/s1. The first kappa shape index (κ1) is 30.7. The third-order valence-electron chi connectivity index (χ3n) is 26.9. The van der Waals surface area contributed by atoms with E-state index in [1.54, 1.807) is 0 Å². The third kappa shape index (κ3) is 1.69. The molecule has 0 radical (unpaired) electrons. The zero-order valence-corrected chi connectivity index (χ0v) is 39.1. The molecule has 1 heterocycles. The summed E-state index contributed by atoms with van der Waals surface area (Å²) in [6, 6.07) is -1.77. The molecule has 334 valence electrons. The van der Waals surface area contributed by atoms with E-state index in [1.807, 2.05) is 0 Å². The van der Waals surface area contributed by atoms with Gasteiger partial charge in [-0.3, -0.25) is 0 Å². The lowest BCUT2D eigenvalue weighted by Gasteiger charge is -2.52. The number of halogens is 5. The van der Waals surface area contributed by atoms with Crippen molar-refractivity contribution in [3.63, 3.8) is 0 Å². The van der Waals surface area contributed by atoms with Gasteiger partial charge in [0.1, 0.15) is 0 Å². The average molecular weight is 972 g/mol. The molecule has 77 heavy (non-hydrogen) atoms.